The van der Waals surface area contributed by atoms with Crippen LogP contribution in [-0.4, -0.2) is 36.1 Å². The number of carbonyl (C=O) groups excluding carboxylic acids is 1. The lowest BCUT2D eigenvalue weighted by Gasteiger charge is -2.24. The van der Waals surface area contributed by atoms with E-state index < -0.39 is 0 Å². The van der Waals surface area contributed by atoms with Crippen LogP contribution in [0.3, 0.4) is 0 Å². The Morgan fingerprint density at radius 3 is 2.70 bits per heavy atom. The van der Waals surface area contributed by atoms with Crippen LogP contribution in [0, 0.1) is 5.92 Å². The van der Waals surface area contributed by atoms with Crippen LogP contribution in [0.2, 0.25) is 0 Å². The van der Waals surface area contributed by atoms with E-state index in [0.29, 0.717) is 24.9 Å². The predicted molar refractivity (Wildman–Crippen MR) is 109 cm³/mol. The van der Waals surface area contributed by atoms with Crippen molar-refractivity contribution in [2.75, 3.05) is 30.8 Å². The van der Waals surface area contributed by atoms with Gasteiger partial charge in [0.1, 0.15) is 11.6 Å². The summed E-state index contributed by atoms with van der Waals surface area (Å²) in [6.07, 6.45) is 5.77. The molecule has 1 aliphatic carbocycles. The number of aromatic nitrogens is 2. The van der Waals surface area contributed by atoms with E-state index in [2.05, 4.69) is 41.8 Å². The number of hydrogen-bond acceptors (Lipinski definition) is 6. The summed E-state index contributed by atoms with van der Waals surface area (Å²) in [5.41, 5.74) is 0.878. The lowest BCUT2D eigenvalue weighted by atomic mass is 9.85. The molecule has 7 nitrogen and oxygen atoms in total. The van der Waals surface area contributed by atoms with Crippen molar-refractivity contribution in [2.24, 2.45) is 5.92 Å². The average molecular weight is 434 g/mol. The van der Waals surface area contributed by atoms with Gasteiger partial charge in [-0.15, -0.1) is 0 Å². The maximum atomic E-state index is 11.8. The maximum Gasteiger partial charge on any atom is 0.229 e. The van der Waals surface area contributed by atoms with Gasteiger partial charge >= 0.3 is 0 Å². The van der Waals surface area contributed by atoms with E-state index in [4.69, 9.17) is 4.74 Å². The van der Waals surface area contributed by atoms with E-state index >= 15 is 0 Å². The highest BCUT2D eigenvalue weighted by atomic mass is 79.9. The van der Waals surface area contributed by atoms with Crippen molar-refractivity contribution >= 4 is 39.3 Å². The van der Waals surface area contributed by atoms with Gasteiger partial charge in [-0.2, -0.15) is 4.98 Å². The Bertz CT molecular complexity index is 765. The number of nitrogens with zero attached hydrogens (tertiary/aromatic N) is 2. The van der Waals surface area contributed by atoms with Crippen LogP contribution in [0.4, 0.5) is 17.5 Å². The Morgan fingerprint density at radius 2 is 2.04 bits per heavy atom. The molecule has 0 atom stereocenters. The van der Waals surface area contributed by atoms with Crippen LogP contribution in [0.5, 0.6) is 5.75 Å². The minimum atomic E-state index is 0.190. The van der Waals surface area contributed by atoms with Gasteiger partial charge in [-0.05, 0) is 59.5 Å². The van der Waals surface area contributed by atoms with Gasteiger partial charge in [0.2, 0.25) is 11.9 Å². The van der Waals surface area contributed by atoms with Crippen LogP contribution in [0.1, 0.15) is 25.7 Å². The molecule has 0 spiro atoms. The molecule has 3 rings (SSSR count). The van der Waals surface area contributed by atoms with Gasteiger partial charge in [0.25, 0.3) is 0 Å². The largest absolute Gasteiger partial charge is 0.497 e. The maximum absolute atomic E-state index is 11.8. The highest BCUT2D eigenvalue weighted by molar-refractivity contribution is 9.10. The molecule has 27 heavy (non-hydrogen) atoms. The van der Waals surface area contributed by atoms with Crippen LogP contribution < -0.4 is 20.7 Å². The van der Waals surface area contributed by atoms with Crippen LogP contribution in [-0.2, 0) is 4.79 Å². The van der Waals surface area contributed by atoms with E-state index in [0.717, 1.165) is 35.2 Å². The summed E-state index contributed by atoms with van der Waals surface area (Å²) < 4.78 is 5.95. The minimum absolute atomic E-state index is 0.190. The second-order valence-electron chi connectivity index (χ2n) is 6.44. The van der Waals surface area contributed by atoms with E-state index in [1.54, 1.807) is 13.3 Å². The minimum Gasteiger partial charge on any atom is -0.497 e. The second kappa shape index (κ2) is 9.55. The summed E-state index contributed by atoms with van der Waals surface area (Å²) in [5, 5.41) is 9.44. The highest BCUT2D eigenvalue weighted by Gasteiger charge is 2.24. The molecule has 1 aromatic carbocycles. The Hall–Kier alpha value is -2.35. The normalized spacial score (nSPS) is 13.6. The fourth-order valence-corrected chi connectivity index (χ4v) is 3.01. The Balaban J connectivity index is 1.46. The van der Waals surface area contributed by atoms with Crippen molar-refractivity contribution in [1.82, 2.24) is 15.3 Å². The van der Waals surface area contributed by atoms with Gasteiger partial charge in [0.05, 0.1) is 11.6 Å². The average Bonchev–Trinajstić information content (AvgIpc) is 2.63. The molecule has 0 saturated heterocycles. The number of rotatable bonds is 9. The number of methoxy groups -OCH3 is 1. The summed E-state index contributed by atoms with van der Waals surface area (Å²) in [5.74, 6) is 2.44. The van der Waals surface area contributed by atoms with Gasteiger partial charge in [-0.25, -0.2) is 4.98 Å². The summed E-state index contributed by atoms with van der Waals surface area (Å²) in [4.78, 5) is 20.6. The lowest BCUT2D eigenvalue weighted by Crippen LogP contribution is -2.35. The third-order valence-electron chi connectivity index (χ3n) is 4.51. The SMILES string of the molecule is COc1ccc(Nc2ncc(Br)c(NCCCNC(=O)C3CCC3)n2)cc1. The first-order chi connectivity index (χ1) is 13.2. The summed E-state index contributed by atoms with van der Waals surface area (Å²) >= 11 is 3.46. The molecule has 0 unspecified atom stereocenters. The number of nitrogens with one attached hydrogen (secondary N) is 3. The molecule has 1 aliphatic rings. The third-order valence-corrected chi connectivity index (χ3v) is 5.09. The van der Waals surface area contributed by atoms with E-state index in [9.17, 15) is 4.79 Å². The van der Waals surface area contributed by atoms with E-state index in [1.807, 2.05) is 24.3 Å². The Kier molecular flexibility index (Phi) is 6.86. The zero-order valence-electron chi connectivity index (χ0n) is 15.3. The zero-order valence-corrected chi connectivity index (χ0v) is 16.9. The quantitative estimate of drug-likeness (QED) is 0.522. The number of amides is 1. The van der Waals surface area contributed by atoms with Crippen molar-refractivity contribution in [1.29, 1.82) is 0 Å². The third kappa shape index (κ3) is 5.56. The first kappa shape index (κ1) is 19.4. The highest BCUT2D eigenvalue weighted by Crippen LogP contribution is 2.26. The van der Waals surface area contributed by atoms with Crippen molar-refractivity contribution in [2.45, 2.75) is 25.7 Å². The molecular formula is C19H24BrN5O2. The number of ether oxygens (including phenoxy) is 1. The zero-order chi connectivity index (χ0) is 19.1. The van der Waals surface area contributed by atoms with Crippen molar-refractivity contribution < 1.29 is 9.53 Å². The lowest BCUT2D eigenvalue weighted by molar-refractivity contribution is -0.127. The van der Waals surface area contributed by atoms with Gasteiger partial charge in [-0.3, -0.25) is 4.79 Å². The number of halogens is 1. The summed E-state index contributed by atoms with van der Waals surface area (Å²) in [7, 11) is 1.64. The first-order valence-corrected chi connectivity index (χ1v) is 9.90. The number of benzene rings is 1. The van der Waals surface area contributed by atoms with Gasteiger partial charge in [0.15, 0.2) is 0 Å². The van der Waals surface area contributed by atoms with E-state index in [1.165, 1.54) is 6.42 Å². The molecule has 0 radical (unpaired) electrons. The topological polar surface area (TPSA) is 88.2 Å². The molecule has 8 heteroatoms. The predicted octanol–water partition coefficient (Wildman–Crippen LogP) is 3.71. The molecular weight excluding hydrogens is 410 g/mol. The second-order valence-corrected chi connectivity index (χ2v) is 7.30. The molecule has 2 aromatic rings. The molecule has 0 aliphatic heterocycles. The number of hydrogen-bond donors (Lipinski definition) is 3. The van der Waals surface area contributed by atoms with Crippen LogP contribution in [0.25, 0.3) is 0 Å². The smallest absolute Gasteiger partial charge is 0.229 e. The van der Waals surface area contributed by atoms with Gasteiger partial charge in [0, 0.05) is 30.9 Å². The van der Waals surface area contributed by atoms with Crippen LogP contribution >= 0.6 is 15.9 Å². The molecule has 144 valence electrons. The van der Waals surface area contributed by atoms with Gasteiger partial charge in [-0.1, -0.05) is 6.42 Å². The van der Waals surface area contributed by atoms with Gasteiger partial charge < -0.3 is 20.7 Å². The van der Waals surface area contributed by atoms with Crippen LogP contribution in [0.15, 0.2) is 34.9 Å². The fraction of sp³-hybridized carbons (Fsp3) is 0.421. The molecule has 1 heterocycles. The number of carbonyl (C=O) groups is 1. The first-order valence-electron chi connectivity index (χ1n) is 9.11. The fourth-order valence-electron chi connectivity index (χ4n) is 2.68. The van der Waals surface area contributed by atoms with Crippen molar-refractivity contribution in [3.05, 3.63) is 34.9 Å². The molecule has 1 fully saturated rings. The molecule has 1 aromatic heterocycles. The Morgan fingerprint density at radius 1 is 1.26 bits per heavy atom. The standard InChI is InChI=1S/C19H24BrN5O2/c1-27-15-8-6-14(7-9-15)24-19-23-12-16(20)17(25-19)21-10-3-11-22-18(26)13-4-2-5-13/h6-9,12-13H,2-5,10-11H2,1H3,(H,22,26)(H2,21,23,24,25). The molecule has 1 saturated carbocycles. The molecule has 1 amide bonds. The van der Waals surface area contributed by atoms with Crippen molar-refractivity contribution in [3.63, 3.8) is 0 Å². The molecule has 3 N–H and O–H groups in total. The summed E-state index contributed by atoms with van der Waals surface area (Å²) in [6.45, 7) is 1.38. The monoisotopic (exact) mass is 433 g/mol. The number of anilines is 3. The van der Waals surface area contributed by atoms with E-state index in [-0.39, 0.29) is 11.8 Å². The summed E-state index contributed by atoms with van der Waals surface area (Å²) in [6, 6.07) is 7.56. The van der Waals surface area contributed by atoms with Crippen molar-refractivity contribution in [3.8, 4) is 5.75 Å². The Labute approximate surface area is 167 Å². The molecule has 0 bridgehead atoms.